The monoisotopic (exact) mass is 555 g/mol. The van der Waals surface area contributed by atoms with Crippen molar-refractivity contribution in [1.82, 2.24) is 19.8 Å². The Hall–Kier alpha value is -3.01. The molecule has 1 aliphatic rings. The second-order valence-corrected chi connectivity index (χ2v) is 10.5. The molecule has 0 aliphatic carbocycles. The summed E-state index contributed by atoms with van der Waals surface area (Å²) in [6.45, 7) is 4.83. The summed E-state index contributed by atoms with van der Waals surface area (Å²) in [4.78, 5) is 28.2. The van der Waals surface area contributed by atoms with Crippen molar-refractivity contribution in [2.45, 2.75) is 18.1 Å². The first-order valence-electron chi connectivity index (χ1n) is 12.6. The number of hydrogen-bond acceptors (Lipinski definition) is 8. The van der Waals surface area contributed by atoms with Gasteiger partial charge in [-0.25, -0.2) is 9.97 Å². The SMILES string of the molecule is COc1ccc(CCN(C)c2cc(Cl)nc(SCC(=O)N3CCN(Cc4ccccc4)CC3)n2)cc1OC. The normalized spacial score (nSPS) is 13.8. The maximum atomic E-state index is 12.9. The highest BCUT2D eigenvalue weighted by molar-refractivity contribution is 7.99. The predicted molar refractivity (Wildman–Crippen MR) is 153 cm³/mol. The van der Waals surface area contributed by atoms with Gasteiger partial charge in [0, 0.05) is 52.4 Å². The highest BCUT2D eigenvalue weighted by atomic mass is 35.5. The van der Waals surface area contributed by atoms with Crippen molar-refractivity contribution in [2.24, 2.45) is 0 Å². The highest BCUT2D eigenvalue weighted by Crippen LogP contribution is 2.28. The van der Waals surface area contributed by atoms with Gasteiger partial charge in [0.15, 0.2) is 16.7 Å². The van der Waals surface area contributed by atoms with E-state index in [9.17, 15) is 4.79 Å². The number of rotatable bonds is 11. The number of nitrogens with zero attached hydrogens (tertiary/aromatic N) is 5. The van der Waals surface area contributed by atoms with E-state index in [0.29, 0.717) is 21.8 Å². The van der Waals surface area contributed by atoms with Crippen molar-refractivity contribution in [3.05, 3.63) is 70.9 Å². The van der Waals surface area contributed by atoms with E-state index in [1.165, 1.54) is 17.3 Å². The molecule has 202 valence electrons. The molecule has 1 saturated heterocycles. The molecule has 0 atom stereocenters. The summed E-state index contributed by atoms with van der Waals surface area (Å²) >= 11 is 7.63. The van der Waals surface area contributed by atoms with Gasteiger partial charge in [-0.1, -0.05) is 59.8 Å². The number of hydrogen-bond donors (Lipinski definition) is 0. The third-order valence-electron chi connectivity index (χ3n) is 6.53. The van der Waals surface area contributed by atoms with Crippen LogP contribution in [0.3, 0.4) is 0 Å². The Kier molecular flexibility index (Phi) is 10.1. The van der Waals surface area contributed by atoms with Gasteiger partial charge in [-0.2, -0.15) is 0 Å². The van der Waals surface area contributed by atoms with Gasteiger partial charge in [0.2, 0.25) is 5.91 Å². The summed E-state index contributed by atoms with van der Waals surface area (Å²) in [5.74, 6) is 2.51. The highest BCUT2D eigenvalue weighted by Gasteiger charge is 2.22. The zero-order valence-corrected chi connectivity index (χ0v) is 23.7. The van der Waals surface area contributed by atoms with Gasteiger partial charge in [0.25, 0.3) is 0 Å². The Bertz CT molecular complexity index is 1210. The number of halogens is 1. The largest absolute Gasteiger partial charge is 0.493 e. The molecule has 8 nitrogen and oxygen atoms in total. The lowest BCUT2D eigenvalue weighted by atomic mass is 10.1. The number of methoxy groups -OCH3 is 2. The van der Waals surface area contributed by atoms with Crippen LogP contribution in [0.25, 0.3) is 0 Å². The standard InChI is InChI=1S/C28H34ClN5O3S/c1-32(12-11-21-9-10-23(36-2)24(17-21)37-3)26-18-25(29)30-28(31-26)38-20-27(35)34-15-13-33(14-16-34)19-22-7-5-4-6-8-22/h4-10,17-18H,11-16,19-20H2,1-3H3. The fourth-order valence-electron chi connectivity index (χ4n) is 4.31. The van der Waals surface area contributed by atoms with Gasteiger partial charge in [-0.05, 0) is 29.7 Å². The Morgan fingerprint density at radius 3 is 2.42 bits per heavy atom. The summed E-state index contributed by atoms with van der Waals surface area (Å²) < 4.78 is 10.7. The van der Waals surface area contributed by atoms with Gasteiger partial charge in [-0.15, -0.1) is 0 Å². The maximum absolute atomic E-state index is 12.9. The van der Waals surface area contributed by atoms with Crippen molar-refractivity contribution in [1.29, 1.82) is 0 Å². The number of likely N-dealkylation sites (N-methyl/N-ethyl adjacent to an activating group) is 1. The number of thioether (sulfide) groups is 1. The summed E-state index contributed by atoms with van der Waals surface area (Å²) in [5, 5.41) is 0.860. The zero-order valence-electron chi connectivity index (χ0n) is 22.1. The van der Waals surface area contributed by atoms with Gasteiger partial charge >= 0.3 is 0 Å². The first-order valence-corrected chi connectivity index (χ1v) is 13.9. The van der Waals surface area contributed by atoms with Crippen LogP contribution in [0, 0.1) is 0 Å². The maximum Gasteiger partial charge on any atom is 0.233 e. The summed E-state index contributed by atoms with van der Waals surface area (Å²) in [6, 6.07) is 18.1. The molecule has 3 aromatic rings. The molecular weight excluding hydrogens is 522 g/mol. The van der Waals surface area contributed by atoms with Gasteiger partial charge in [-0.3, -0.25) is 9.69 Å². The smallest absolute Gasteiger partial charge is 0.233 e. The third kappa shape index (κ3) is 7.75. The number of carbonyl (C=O) groups is 1. The van der Waals surface area contributed by atoms with Crippen molar-refractivity contribution in [3.63, 3.8) is 0 Å². The van der Waals surface area contributed by atoms with E-state index in [4.69, 9.17) is 21.1 Å². The first kappa shape index (κ1) is 28.0. The lowest BCUT2D eigenvalue weighted by Gasteiger charge is -2.34. The number of aromatic nitrogens is 2. The Balaban J connectivity index is 1.27. The summed E-state index contributed by atoms with van der Waals surface area (Å²) in [7, 11) is 5.22. The molecular formula is C28H34ClN5O3S. The fraction of sp³-hybridized carbons (Fsp3) is 0.393. The second kappa shape index (κ2) is 13.7. The number of amides is 1. The molecule has 0 unspecified atom stereocenters. The molecule has 0 N–H and O–H groups in total. The van der Waals surface area contributed by atoms with Gasteiger partial charge in [0.05, 0.1) is 20.0 Å². The first-order chi connectivity index (χ1) is 18.4. The number of carbonyl (C=O) groups excluding carboxylic acids is 1. The molecule has 4 rings (SSSR count). The third-order valence-corrected chi connectivity index (χ3v) is 7.56. The van der Waals surface area contributed by atoms with Crippen LogP contribution in [-0.4, -0.2) is 85.4 Å². The number of anilines is 1. The van der Waals surface area contributed by atoms with E-state index in [1.807, 2.05) is 41.1 Å². The van der Waals surface area contributed by atoms with E-state index in [-0.39, 0.29) is 11.7 Å². The molecule has 0 saturated carbocycles. The zero-order chi connectivity index (χ0) is 26.9. The minimum atomic E-state index is 0.0984. The van der Waals surface area contributed by atoms with Crippen LogP contribution in [0.5, 0.6) is 11.5 Å². The average Bonchev–Trinajstić information content (AvgIpc) is 2.95. The molecule has 0 bridgehead atoms. The lowest BCUT2D eigenvalue weighted by Crippen LogP contribution is -2.48. The molecule has 1 amide bonds. The molecule has 2 aromatic carbocycles. The number of benzene rings is 2. The Morgan fingerprint density at radius 2 is 1.71 bits per heavy atom. The number of ether oxygens (including phenoxy) is 2. The van der Waals surface area contributed by atoms with Crippen LogP contribution in [0.1, 0.15) is 11.1 Å². The van der Waals surface area contributed by atoms with E-state index < -0.39 is 0 Å². The molecule has 1 fully saturated rings. The van der Waals surface area contributed by atoms with Crippen molar-refractivity contribution >= 4 is 35.1 Å². The molecule has 0 radical (unpaired) electrons. The topological polar surface area (TPSA) is 71.0 Å². The molecule has 1 aliphatic heterocycles. The van der Waals surface area contributed by atoms with Crippen LogP contribution in [0.4, 0.5) is 5.82 Å². The predicted octanol–water partition coefficient (Wildman–Crippen LogP) is 4.26. The second-order valence-electron chi connectivity index (χ2n) is 9.12. The van der Waals surface area contributed by atoms with Crippen molar-refractivity contribution < 1.29 is 14.3 Å². The van der Waals surface area contributed by atoms with Crippen LogP contribution in [-0.2, 0) is 17.8 Å². The molecule has 0 spiro atoms. The average molecular weight is 556 g/mol. The minimum Gasteiger partial charge on any atom is -0.493 e. The number of piperazine rings is 1. The molecule has 1 aromatic heterocycles. The molecule has 10 heteroatoms. The van der Waals surface area contributed by atoms with Crippen molar-refractivity contribution in [2.75, 3.05) is 64.6 Å². The lowest BCUT2D eigenvalue weighted by molar-refractivity contribution is -0.130. The van der Waals surface area contributed by atoms with Crippen LogP contribution in [0.2, 0.25) is 5.15 Å². The molecule has 2 heterocycles. The van der Waals surface area contributed by atoms with E-state index in [1.54, 1.807) is 20.3 Å². The van der Waals surface area contributed by atoms with Gasteiger partial charge < -0.3 is 19.3 Å². The summed E-state index contributed by atoms with van der Waals surface area (Å²) in [5.41, 5.74) is 2.42. The van der Waals surface area contributed by atoms with Crippen molar-refractivity contribution in [3.8, 4) is 11.5 Å². The van der Waals surface area contributed by atoms with Crippen LogP contribution in [0.15, 0.2) is 59.8 Å². The van der Waals surface area contributed by atoms with E-state index >= 15 is 0 Å². The minimum absolute atomic E-state index is 0.0984. The van der Waals surface area contributed by atoms with E-state index in [2.05, 4.69) is 39.1 Å². The van der Waals surface area contributed by atoms with Crippen LogP contribution >= 0.6 is 23.4 Å². The van der Waals surface area contributed by atoms with Gasteiger partial charge in [0.1, 0.15) is 11.0 Å². The molecule has 38 heavy (non-hydrogen) atoms. The summed E-state index contributed by atoms with van der Waals surface area (Å²) in [6.07, 6.45) is 0.787. The fourth-order valence-corrected chi connectivity index (χ4v) is 5.29. The Labute approximate surface area is 233 Å². The van der Waals surface area contributed by atoms with E-state index in [0.717, 1.165) is 57.1 Å². The van der Waals surface area contributed by atoms with Crippen LogP contribution < -0.4 is 14.4 Å². The Morgan fingerprint density at radius 1 is 0.974 bits per heavy atom. The quantitative estimate of drug-likeness (QED) is 0.197.